The Kier molecular flexibility index (Phi) is 3.49. The van der Waals surface area contributed by atoms with Crippen LogP contribution in [0.15, 0.2) is 0 Å². The molecule has 0 unspecified atom stereocenters. The van der Waals surface area contributed by atoms with Crippen LogP contribution in [0.5, 0.6) is 0 Å². The van der Waals surface area contributed by atoms with E-state index in [9.17, 15) is 9.90 Å². The van der Waals surface area contributed by atoms with E-state index in [-0.39, 0.29) is 17.4 Å². The Bertz CT molecular complexity index is 461. The fraction of sp³-hybridized carbons (Fsp3) is 0.950. The molecule has 0 saturated heterocycles. The molecule has 0 aliphatic heterocycles. The summed E-state index contributed by atoms with van der Waals surface area (Å²) in [4.78, 5) is 11.9. The minimum absolute atomic E-state index is 0.0836. The van der Waals surface area contributed by atoms with Gasteiger partial charge in [0.05, 0.1) is 6.10 Å². The summed E-state index contributed by atoms with van der Waals surface area (Å²) in [5.74, 6) is 2.89. The molecule has 0 aromatic rings. The van der Waals surface area contributed by atoms with Crippen molar-refractivity contribution >= 4 is 6.29 Å². The van der Waals surface area contributed by atoms with Gasteiger partial charge in [0.25, 0.3) is 0 Å². The molecule has 0 radical (unpaired) electrons. The second-order valence-corrected chi connectivity index (χ2v) is 9.41. The van der Waals surface area contributed by atoms with E-state index in [1.807, 2.05) is 0 Å². The lowest BCUT2D eigenvalue weighted by atomic mass is 9.43. The molecule has 124 valence electrons. The third-order valence-corrected chi connectivity index (χ3v) is 8.81. The van der Waals surface area contributed by atoms with E-state index in [0.29, 0.717) is 17.3 Å². The number of aliphatic hydroxyl groups is 1. The molecule has 1 N–H and O–H groups in total. The summed E-state index contributed by atoms with van der Waals surface area (Å²) >= 11 is 0. The number of aldehydes is 1. The Hall–Kier alpha value is -0.370. The van der Waals surface area contributed by atoms with Crippen molar-refractivity contribution in [3.8, 4) is 0 Å². The average Bonchev–Trinajstić information content (AvgIpc) is 2.82. The van der Waals surface area contributed by atoms with Gasteiger partial charge in [0.15, 0.2) is 0 Å². The summed E-state index contributed by atoms with van der Waals surface area (Å²) in [6, 6.07) is 0. The molecule has 4 aliphatic rings. The Balaban J connectivity index is 1.72. The van der Waals surface area contributed by atoms with Crippen LogP contribution >= 0.6 is 0 Å². The van der Waals surface area contributed by atoms with Crippen molar-refractivity contribution in [2.24, 2.45) is 40.4 Å². The number of carbonyl (C=O) groups excluding carboxylic acids is 1. The number of hydrogen-bond donors (Lipinski definition) is 1. The zero-order valence-electron chi connectivity index (χ0n) is 14.3. The molecular formula is C20H32O2. The predicted molar refractivity (Wildman–Crippen MR) is 87.3 cm³/mol. The lowest BCUT2D eigenvalue weighted by Gasteiger charge is -2.61. The van der Waals surface area contributed by atoms with Crippen LogP contribution in [0.4, 0.5) is 0 Å². The quantitative estimate of drug-likeness (QED) is 0.737. The van der Waals surface area contributed by atoms with Crippen molar-refractivity contribution in [3.05, 3.63) is 0 Å². The smallest absolute Gasteiger partial charge is 0.123 e. The van der Waals surface area contributed by atoms with Gasteiger partial charge in [-0.05, 0) is 79.4 Å². The highest BCUT2D eigenvalue weighted by atomic mass is 16.3. The van der Waals surface area contributed by atoms with Gasteiger partial charge in [-0.2, -0.15) is 0 Å². The molecule has 0 bridgehead atoms. The van der Waals surface area contributed by atoms with E-state index < -0.39 is 0 Å². The molecule has 0 amide bonds. The molecule has 8 atom stereocenters. The molecule has 0 aromatic carbocycles. The minimum atomic E-state index is -0.136. The molecule has 4 aliphatic carbocycles. The van der Waals surface area contributed by atoms with Crippen LogP contribution in [0.1, 0.15) is 71.6 Å². The molecular weight excluding hydrogens is 272 g/mol. The monoisotopic (exact) mass is 304 g/mol. The molecule has 0 spiro atoms. The molecule has 0 heterocycles. The van der Waals surface area contributed by atoms with Gasteiger partial charge in [-0.3, -0.25) is 0 Å². The zero-order valence-corrected chi connectivity index (χ0v) is 14.3. The Morgan fingerprint density at radius 3 is 2.50 bits per heavy atom. The van der Waals surface area contributed by atoms with Crippen LogP contribution in [-0.2, 0) is 4.79 Å². The Morgan fingerprint density at radius 2 is 1.73 bits per heavy atom. The largest absolute Gasteiger partial charge is 0.393 e. The third kappa shape index (κ3) is 1.85. The first kappa shape index (κ1) is 15.2. The zero-order chi connectivity index (χ0) is 15.5. The maximum Gasteiger partial charge on any atom is 0.123 e. The normalized spacial score (nSPS) is 57.6. The van der Waals surface area contributed by atoms with Crippen LogP contribution in [0.2, 0.25) is 0 Å². The van der Waals surface area contributed by atoms with Gasteiger partial charge >= 0.3 is 0 Å². The summed E-state index contributed by atoms with van der Waals surface area (Å²) in [6.45, 7) is 4.85. The van der Waals surface area contributed by atoms with Crippen LogP contribution < -0.4 is 0 Å². The van der Waals surface area contributed by atoms with Crippen molar-refractivity contribution in [1.29, 1.82) is 0 Å². The van der Waals surface area contributed by atoms with Gasteiger partial charge in [-0.1, -0.05) is 26.7 Å². The second kappa shape index (κ2) is 5.06. The van der Waals surface area contributed by atoms with Gasteiger partial charge in [0.2, 0.25) is 0 Å². The highest BCUT2D eigenvalue weighted by Gasteiger charge is 2.61. The van der Waals surface area contributed by atoms with Crippen LogP contribution in [0.25, 0.3) is 0 Å². The molecule has 4 fully saturated rings. The lowest BCUT2D eigenvalue weighted by molar-refractivity contribution is -0.152. The number of fused-ring (bicyclic) bond motifs is 5. The maximum atomic E-state index is 11.9. The third-order valence-electron chi connectivity index (χ3n) is 8.81. The van der Waals surface area contributed by atoms with Gasteiger partial charge < -0.3 is 9.90 Å². The molecule has 0 aromatic heterocycles. The van der Waals surface area contributed by atoms with Crippen molar-refractivity contribution in [3.63, 3.8) is 0 Å². The topological polar surface area (TPSA) is 37.3 Å². The first-order valence-electron chi connectivity index (χ1n) is 9.64. The maximum absolute atomic E-state index is 11.9. The van der Waals surface area contributed by atoms with Gasteiger partial charge in [-0.25, -0.2) is 0 Å². The van der Waals surface area contributed by atoms with Gasteiger partial charge in [0, 0.05) is 5.92 Å². The SMILES string of the molecule is C[C@]12CCCC[C@@H]1C[C@H](C=O)[C@@H]1[C@@H]2CC[C@]2(C)[C@@H](O)CC[C@@H]12. The summed E-state index contributed by atoms with van der Waals surface area (Å²) in [6.07, 6.45) is 12.3. The fourth-order valence-electron chi connectivity index (χ4n) is 7.47. The summed E-state index contributed by atoms with van der Waals surface area (Å²) in [7, 11) is 0. The lowest BCUT2D eigenvalue weighted by Crippen LogP contribution is -2.56. The van der Waals surface area contributed by atoms with E-state index in [1.54, 1.807) is 0 Å². The Labute approximate surface area is 135 Å². The molecule has 22 heavy (non-hydrogen) atoms. The number of carbonyl (C=O) groups is 1. The predicted octanol–water partition coefficient (Wildman–Crippen LogP) is 4.21. The Morgan fingerprint density at radius 1 is 0.955 bits per heavy atom. The van der Waals surface area contributed by atoms with Crippen LogP contribution in [0.3, 0.4) is 0 Å². The standard InChI is InChI=1S/C20H32O2/c1-19-9-4-3-5-14(19)11-13(12-21)18-15-6-7-17(22)20(15,2)10-8-16(18)19/h12-18,22H,3-11H2,1-2H3/t13-,14-,15+,16+,17+,18+,19+,20+/m1/s1. The van der Waals surface area contributed by atoms with E-state index in [1.165, 1.54) is 44.8 Å². The number of rotatable bonds is 1. The van der Waals surface area contributed by atoms with Gasteiger partial charge in [-0.15, -0.1) is 0 Å². The van der Waals surface area contributed by atoms with E-state index in [2.05, 4.69) is 13.8 Å². The first-order chi connectivity index (χ1) is 10.5. The molecule has 2 heteroatoms. The van der Waals surface area contributed by atoms with E-state index in [0.717, 1.165) is 31.1 Å². The van der Waals surface area contributed by atoms with Crippen molar-refractivity contribution in [2.45, 2.75) is 77.7 Å². The summed E-state index contributed by atoms with van der Waals surface area (Å²) in [5.41, 5.74) is 0.553. The van der Waals surface area contributed by atoms with Crippen molar-refractivity contribution < 1.29 is 9.90 Å². The van der Waals surface area contributed by atoms with E-state index in [4.69, 9.17) is 0 Å². The average molecular weight is 304 g/mol. The summed E-state index contributed by atoms with van der Waals surface area (Å²) in [5, 5.41) is 10.5. The minimum Gasteiger partial charge on any atom is -0.393 e. The van der Waals surface area contributed by atoms with Gasteiger partial charge in [0.1, 0.15) is 6.29 Å². The fourth-order valence-corrected chi connectivity index (χ4v) is 7.47. The molecule has 4 rings (SSSR count). The van der Waals surface area contributed by atoms with Crippen molar-refractivity contribution in [1.82, 2.24) is 0 Å². The molecule has 2 nitrogen and oxygen atoms in total. The highest BCUT2D eigenvalue weighted by molar-refractivity contribution is 5.55. The van der Waals surface area contributed by atoms with Crippen molar-refractivity contribution in [2.75, 3.05) is 0 Å². The molecule has 4 saturated carbocycles. The highest BCUT2D eigenvalue weighted by Crippen LogP contribution is 2.67. The van der Waals surface area contributed by atoms with Crippen LogP contribution in [0, 0.1) is 40.4 Å². The summed E-state index contributed by atoms with van der Waals surface area (Å²) < 4.78 is 0. The number of aliphatic hydroxyl groups excluding tert-OH is 1. The second-order valence-electron chi connectivity index (χ2n) is 9.41. The van der Waals surface area contributed by atoms with Crippen LogP contribution in [-0.4, -0.2) is 17.5 Å². The first-order valence-corrected chi connectivity index (χ1v) is 9.64. The number of hydrogen-bond acceptors (Lipinski definition) is 2. The van der Waals surface area contributed by atoms with E-state index >= 15 is 0 Å².